The summed E-state index contributed by atoms with van der Waals surface area (Å²) >= 11 is 0. The molecule has 0 bridgehead atoms. The molecule has 0 aliphatic carbocycles. The zero-order chi connectivity index (χ0) is 13.0. The zero-order valence-electron chi connectivity index (χ0n) is 9.88. The van der Waals surface area contributed by atoms with Crippen LogP contribution in [0.1, 0.15) is 23.0 Å². The Morgan fingerprint density at radius 1 is 1.06 bits per heavy atom. The number of nitrogens with zero attached hydrogens (tertiary/aromatic N) is 1. The van der Waals surface area contributed by atoms with Gasteiger partial charge in [-0.25, -0.2) is 0 Å². The highest BCUT2D eigenvalue weighted by molar-refractivity contribution is 6.12. The molecule has 90 valence electrons. The van der Waals surface area contributed by atoms with Gasteiger partial charge in [-0.2, -0.15) is 0 Å². The third-order valence-corrected chi connectivity index (χ3v) is 2.38. The van der Waals surface area contributed by atoms with Crippen LogP contribution in [0.25, 0.3) is 0 Å². The molecule has 0 spiro atoms. The van der Waals surface area contributed by atoms with Crippen LogP contribution in [0.2, 0.25) is 0 Å². The summed E-state index contributed by atoms with van der Waals surface area (Å²) in [5, 5.41) is 2.64. The van der Waals surface area contributed by atoms with E-state index in [1.165, 1.54) is 6.92 Å². The van der Waals surface area contributed by atoms with E-state index < -0.39 is 0 Å². The molecular weight excluding hydrogens is 228 g/mol. The SMILES string of the molecule is CC(=O)Nc1ccccc1C(=O)c1ccccn1. The van der Waals surface area contributed by atoms with Crippen LogP contribution in [0.5, 0.6) is 0 Å². The number of ketones is 1. The van der Waals surface area contributed by atoms with Crippen LogP contribution < -0.4 is 5.32 Å². The molecule has 0 atom stereocenters. The first kappa shape index (κ1) is 12.0. The highest BCUT2D eigenvalue weighted by atomic mass is 16.1. The molecule has 1 aromatic heterocycles. The predicted octanol–water partition coefficient (Wildman–Crippen LogP) is 2.27. The van der Waals surface area contributed by atoms with Crippen molar-refractivity contribution in [2.45, 2.75) is 6.92 Å². The first-order valence-corrected chi connectivity index (χ1v) is 5.51. The van der Waals surface area contributed by atoms with Gasteiger partial charge < -0.3 is 5.32 Å². The van der Waals surface area contributed by atoms with Gasteiger partial charge in [-0.3, -0.25) is 14.6 Å². The number of benzene rings is 1. The standard InChI is InChI=1S/C14H12N2O2/c1-10(17)16-12-7-3-2-6-11(12)14(18)13-8-4-5-9-15-13/h2-9H,1H3,(H,16,17). The summed E-state index contributed by atoms with van der Waals surface area (Å²) in [4.78, 5) is 27.3. The third-order valence-electron chi connectivity index (χ3n) is 2.38. The van der Waals surface area contributed by atoms with Crippen LogP contribution in [0.4, 0.5) is 5.69 Å². The fourth-order valence-electron chi connectivity index (χ4n) is 1.61. The van der Waals surface area contributed by atoms with Crippen LogP contribution in [0.15, 0.2) is 48.7 Å². The van der Waals surface area contributed by atoms with E-state index in [4.69, 9.17) is 0 Å². The van der Waals surface area contributed by atoms with Crippen LogP contribution >= 0.6 is 0 Å². The molecule has 0 aliphatic heterocycles. The van der Waals surface area contributed by atoms with Gasteiger partial charge in [-0.1, -0.05) is 18.2 Å². The number of pyridine rings is 1. The Bertz CT molecular complexity index is 579. The summed E-state index contributed by atoms with van der Waals surface area (Å²) in [6.45, 7) is 1.40. The lowest BCUT2D eigenvalue weighted by atomic mass is 10.1. The Balaban J connectivity index is 2.39. The van der Waals surface area contributed by atoms with E-state index >= 15 is 0 Å². The molecule has 0 saturated heterocycles. The van der Waals surface area contributed by atoms with Gasteiger partial charge in [0.1, 0.15) is 5.69 Å². The molecule has 0 aliphatic rings. The minimum Gasteiger partial charge on any atom is -0.326 e. The topological polar surface area (TPSA) is 59.1 Å². The van der Waals surface area contributed by atoms with Crippen molar-refractivity contribution in [3.63, 3.8) is 0 Å². The average Bonchev–Trinajstić information content (AvgIpc) is 2.39. The maximum absolute atomic E-state index is 12.2. The molecule has 2 rings (SSSR count). The van der Waals surface area contributed by atoms with Crippen LogP contribution in [-0.4, -0.2) is 16.7 Å². The second-order valence-corrected chi connectivity index (χ2v) is 3.77. The average molecular weight is 240 g/mol. The Morgan fingerprint density at radius 3 is 2.44 bits per heavy atom. The summed E-state index contributed by atoms with van der Waals surface area (Å²) in [5.41, 5.74) is 1.29. The summed E-state index contributed by atoms with van der Waals surface area (Å²) < 4.78 is 0. The molecule has 0 radical (unpaired) electrons. The number of hydrogen-bond acceptors (Lipinski definition) is 3. The molecule has 0 saturated carbocycles. The first-order chi connectivity index (χ1) is 8.68. The number of nitrogens with one attached hydrogen (secondary N) is 1. The van der Waals surface area contributed by atoms with E-state index in [1.807, 2.05) is 0 Å². The zero-order valence-corrected chi connectivity index (χ0v) is 9.88. The Kier molecular flexibility index (Phi) is 3.48. The fraction of sp³-hybridized carbons (Fsp3) is 0.0714. The summed E-state index contributed by atoms with van der Waals surface area (Å²) in [5.74, 6) is -0.420. The molecule has 4 nitrogen and oxygen atoms in total. The molecule has 1 aromatic carbocycles. The number of para-hydroxylation sites is 1. The summed E-state index contributed by atoms with van der Waals surface area (Å²) in [6.07, 6.45) is 1.56. The van der Waals surface area contributed by atoms with Crippen molar-refractivity contribution in [2.24, 2.45) is 0 Å². The van der Waals surface area contributed by atoms with E-state index in [9.17, 15) is 9.59 Å². The van der Waals surface area contributed by atoms with Gasteiger partial charge in [-0.15, -0.1) is 0 Å². The lowest BCUT2D eigenvalue weighted by Crippen LogP contribution is -2.12. The number of carbonyl (C=O) groups is 2. The first-order valence-electron chi connectivity index (χ1n) is 5.51. The maximum atomic E-state index is 12.2. The number of aromatic nitrogens is 1. The van der Waals surface area contributed by atoms with Gasteiger partial charge in [0.05, 0.1) is 5.69 Å². The van der Waals surface area contributed by atoms with E-state index in [-0.39, 0.29) is 11.7 Å². The Morgan fingerprint density at radius 2 is 1.78 bits per heavy atom. The minimum absolute atomic E-state index is 0.208. The lowest BCUT2D eigenvalue weighted by Gasteiger charge is -2.08. The van der Waals surface area contributed by atoms with Crippen molar-refractivity contribution in [3.05, 3.63) is 59.9 Å². The van der Waals surface area contributed by atoms with Crippen molar-refractivity contribution in [3.8, 4) is 0 Å². The summed E-state index contributed by atoms with van der Waals surface area (Å²) in [7, 11) is 0. The van der Waals surface area contributed by atoms with Crippen molar-refractivity contribution in [1.29, 1.82) is 0 Å². The predicted molar refractivity (Wildman–Crippen MR) is 68.4 cm³/mol. The second kappa shape index (κ2) is 5.23. The number of carbonyl (C=O) groups excluding carboxylic acids is 2. The smallest absolute Gasteiger partial charge is 0.221 e. The normalized spacial score (nSPS) is 9.83. The fourth-order valence-corrected chi connectivity index (χ4v) is 1.61. The number of anilines is 1. The number of hydrogen-bond donors (Lipinski definition) is 1. The van der Waals surface area contributed by atoms with Crippen LogP contribution in [-0.2, 0) is 4.79 Å². The van der Waals surface area contributed by atoms with Crippen molar-refractivity contribution >= 4 is 17.4 Å². The molecule has 1 N–H and O–H groups in total. The van der Waals surface area contributed by atoms with E-state index in [2.05, 4.69) is 10.3 Å². The third kappa shape index (κ3) is 2.60. The minimum atomic E-state index is -0.212. The monoisotopic (exact) mass is 240 g/mol. The van der Waals surface area contributed by atoms with Crippen molar-refractivity contribution in [2.75, 3.05) is 5.32 Å². The van der Waals surface area contributed by atoms with Gasteiger partial charge in [0.2, 0.25) is 11.7 Å². The van der Waals surface area contributed by atoms with Crippen molar-refractivity contribution in [1.82, 2.24) is 4.98 Å². The second-order valence-electron chi connectivity index (χ2n) is 3.77. The molecule has 18 heavy (non-hydrogen) atoms. The lowest BCUT2D eigenvalue weighted by molar-refractivity contribution is -0.114. The van der Waals surface area contributed by atoms with E-state index in [0.29, 0.717) is 16.9 Å². The van der Waals surface area contributed by atoms with Gasteiger partial charge in [-0.05, 0) is 24.3 Å². The quantitative estimate of drug-likeness (QED) is 0.837. The number of rotatable bonds is 3. The highest BCUT2D eigenvalue weighted by Crippen LogP contribution is 2.18. The van der Waals surface area contributed by atoms with E-state index in [0.717, 1.165) is 0 Å². The molecule has 0 fully saturated rings. The van der Waals surface area contributed by atoms with Gasteiger partial charge in [0.25, 0.3) is 0 Å². The largest absolute Gasteiger partial charge is 0.326 e. The van der Waals surface area contributed by atoms with Crippen molar-refractivity contribution < 1.29 is 9.59 Å². The van der Waals surface area contributed by atoms with E-state index in [1.54, 1.807) is 48.7 Å². The molecule has 2 aromatic rings. The Labute approximate surface area is 105 Å². The molecule has 1 amide bonds. The molecule has 0 unspecified atom stereocenters. The van der Waals surface area contributed by atoms with Crippen LogP contribution in [0.3, 0.4) is 0 Å². The Hall–Kier alpha value is -2.49. The maximum Gasteiger partial charge on any atom is 0.221 e. The highest BCUT2D eigenvalue weighted by Gasteiger charge is 2.14. The number of amides is 1. The molecule has 4 heteroatoms. The van der Waals surface area contributed by atoms with Gasteiger partial charge in [0.15, 0.2) is 0 Å². The van der Waals surface area contributed by atoms with Gasteiger partial charge in [0, 0.05) is 18.7 Å². The molecule has 1 heterocycles. The summed E-state index contributed by atoms with van der Waals surface area (Å²) in [6, 6.07) is 12.0. The van der Waals surface area contributed by atoms with Crippen LogP contribution in [0, 0.1) is 0 Å². The molecular formula is C14H12N2O2. The van der Waals surface area contributed by atoms with Gasteiger partial charge >= 0.3 is 0 Å².